The average molecular weight is 456 g/mol. The summed E-state index contributed by atoms with van der Waals surface area (Å²) in [5.41, 5.74) is 1.18. The molecule has 0 bridgehead atoms. The highest BCUT2D eigenvalue weighted by Crippen LogP contribution is 2.25. The molecule has 0 saturated carbocycles. The minimum absolute atomic E-state index is 0.0356. The monoisotopic (exact) mass is 455 g/mol. The fourth-order valence-corrected chi connectivity index (χ4v) is 4.31. The third kappa shape index (κ3) is 6.32. The van der Waals surface area contributed by atoms with Crippen LogP contribution in [-0.4, -0.2) is 69.8 Å². The average Bonchev–Trinajstić information content (AvgIpc) is 2.71. The van der Waals surface area contributed by atoms with E-state index in [0.29, 0.717) is 44.7 Å². The van der Waals surface area contributed by atoms with Crippen LogP contribution in [0.25, 0.3) is 0 Å². The number of nitrogens with zero attached hydrogens (tertiary/aromatic N) is 3. The molecule has 0 unspecified atom stereocenters. The number of halogens is 1. The Morgan fingerprint density at radius 2 is 1.94 bits per heavy atom. The predicted molar refractivity (Wildman–Crippen MR) is 116 cm³/mol. The molecule has 2 aliphatic rings. The maximum absolute atomic E-state index is 14.5. The van der Waals surface area contributed by atoms with Crippen molar-refractivity contribution in [3.63, 3.8) is 0 Å². The van der Waals surface area contributed by atoms with Gasteiger partial charge in [0, 0.05) is 38.7 Å². The van der Waals surface area contributed by atoms with Crippen LogP contribution in [0.2, 0.25) is 0 Å². The summed E-state index contributed by atoms with van der Waals surface area (Å²) in [6.45, 7) is 5.85. The molecule has 0 atom stereocenters. The zero-order valence-electron chi connectivity index (χ0n) is 18.2. The summed E-state index contributed by atoms with van der Waals surface area (Å²) < 4.78 is 43.0. The van der Waals surface area contributed by atoms with E-state index in [0.717, 1.165) is 30.9 Å². The second kappa shape index (κ2) is 9.84. The van der Waals surface area contributed by atoms with Gasteiger partial charge < -0.3 is 19.4 Å². The van der Waals surface area contributed by atoms with Crippen molar-refractivity contribution in [2.75, 3.05) is 37.3 Å². The van der Waals surface area contributed by atoms with Gasteiger partial charge >= 0.3 is 6.09 Å². The van der Waals surface area contributed by atoms with Crippen molar-refractivity contribution in [2.45, 2.75) is 56.6 Å². The molecule has 10 heteroatoms. The highest BCUT2D eigenvalue weighted by atomic mass is 32.2. The summed E-state index contributed by atoms with van der Waals surface area (Å²) in [5.74, 6) is -0.564. The number of ether oxygens (including phenoxy) is 1. The lowest BCUT2D eigenvalue weighted by Crippen LogP contribution is -2.41. The Balaban J connectivity index is 1.55. The molecule has 0 spiro atoms. The number of rotatable bonds is 5. The third-order valence-electron chi connectivity index (χ3n) is 5.32. The molecule has 1 amide bonds. The second-order valence-corrected chi connectivity index (χ2v) is 10.3. The van der Waals surface area contributed by atoms with E-state index in [1.54, 1.807) is 4.90 Å². The molecule has 8 nitrogen and oxygen atoms in total. The van der Waals surface area contributed by atoms with Crippen LogP contribution in [0.1, 0.15) is 39.5 Å². The van der Waals surface area contributed by atoms with Gasteiger partial charge in [0.2, 0.25) is 0 Å². The first-order valence-corrected chi connectivity index (χ1v) is 12.4. The highest BCUT2D eigenvalue weighted by molar-refractivity contribution is 7.90. The zero-order chi connectivity index (χ0) is 22.6. The summed E-state index contributed by atoms with van der Waals surface area (Å²) in [5, 5.41) is 4.31. The number of hydrogen-bond acceptors (Lipinski definition) is 7. The summed E-state index contributed by atoms with van der Waals surface area (Å²) >= 11 is 0. The molecule has 0 radical (unpaired) electrons. The Morgan fingerprint density at radius 1 is 1.23 bits per heavy atom. The van der Waals surface area contributed by atoms with Crippen molar-refractivity contribution in [1.29, 1.82) is 0 Å². The molecule has 0 aromatic heterocycles. The van der Waals surface area contributed by atoms with Gasteiger partial charge in [-0.25, -0.2) is 17.6 Å². The maximum atomic E-state index is 14.5. The van der Waals surface area contributed by atoms with E-state index in [9.17, 15) is 17.6 Å². The normalized spacial score (nSPS) is 19.7. The number of anilines is 1. The Labute approximate surface area is 182 Å². The van der Waals surface area contributed by atoms with E-state index in [4.69, 9.17) is 9.57 Å². The zero-order valence-corrected chi connectivity index (χ0v) is 19.0. The molecule has 0 N–H and O–H groups in total. The fraction of sp³-hybridized carbons (Fsp3) is 0.619. The summed E-state index contributed by atoms with van der Waals surface area (Å²) in [6.07, 6.45) is 3.46. The molecule has 1 aromatic carbocycles. The smallest absolute Gasteiger partial charge is 0.410 e. The number of piperidine rings is 2. The van der Waals surface area contributed by atoms with Crippen molar-refractivity contribution in [3.8, 4) is 0 Å². The van der Waals surface area contributed by atoms with Crippen molar-refractivity contribution < 1.29 is 27.2 Å². The van der Waals surface area contributed by atoms with Gasteiger partial charge in [-0.1, -0.05) is 5.16 Å². The van der Waals surface area contributed by atoms with E-state index in [1.165, 1.54) is 12.1 Å². The summed E-state index contributed by atoms with van der Waals surface area (Å²) in [4.78, 5) is 21.2. The first-order valence-electron chi connectivity index (χ1n) is 10.5. The van der Waals surface area contributed by atoms with Crippen molar-refractivity contribution in [1.82, 2.24) is 4.90 Å². The van der Waals surface area contributed by atoms with Gasteiger partial charge in [0.1, 0.15) is 11.9 Å². The number of benzene rings is 1. The Bertz CT molecular complexity index is 927. The van der Waals surface area contributed by atoms with Crippen LogP contribution in [0.15, 0.2) is 28.3 Å². The van der Waals surface area contributed by atoms with Gasteiger partial charge in [0.25, 0.3) is 0 Å². The molecule has 0 aliphatic carbocycles. The minimum atomic E-state index is -3.45. The molecule has 2 heterocycles. The van der Waals surface area contributed by atoms with Gasteiger partial charge in [-0.2, -0.15) is 0 Å². The molecular formula is C21H30FN3O5S. The van der Waals surface area contributed by atoms with E-state index >= 15 is 0 Å². The van der Waals surface area contributed by atoms with Crippen molar-refractivity contribution in [3.05, 3.63) is 24.0 Å². The minimum Gasteiger partial charge on any atom is -0.447 e. The lowest BCUT2D eigenvalue weighted by atomic mass is 10.1. The van der Waals surface area contributed by atoms with E-state index in [-0.39, 0.29) is 23.2 Å². The molecule has 172 valence electrons. The molecule has 2 saturated heterocycles. The molecule has 2 aliphatic heterocycles. The summed E-state index contributed by atoms with van der Waals surface area (Å²) in [7, 11) is -3.45. The van der Waals surface area contributed by atoms with Gasteiger partial charge in [-0.3, -0.25) is 0 Å². The highest BCUT2D eigenvalue weighted by Gasteiger charge is 2.26. The Morgan fingerprint density at radius 3 is 2.55 bits per heavy atom. The van der Waals surface area contributed by atoms with E-state index in [1.807, 2.05) is 18.7 Å². The first-order chi connectivity index (χ1) is 14.6. The number of amides is 1. The number of carbonyl (C=O) groups is 1. The SMILES string of the molecule is CC(C)OC(=O)N1CCC(ON=C2CCCN(c3ccc(S(C)(=O)=O)cc3F)C2)CC1. The molecular weight excluding hydrogens is 425 g/mol. The second-order valence-electron chi connectivity index (χ2n) is 8.29. The Hall–Kier alpha value is -2.36. The van der Waals surface area contributed by atoms with Crippen LogP contribution in [0, 0.1) is 5.82 Å². The fourth-order valence-electron chi connectivity index (χ4n) is 3.68. The lowest BCUT2D eigenvalue weighted by molar-refractivity contribution is 0.00422. The van der Waals surface area contributed by atoms with Gasteiger partial charge in [0.05, 0.1) is 28.9 Å². The van der Waals surface area contributed by atoms with Gasteiger partial charge in [0.15, 0.2) is 9.84 Å². The topological polar surface area (TPSA) is 88.5 Å². The molecule has 3 rings (SSSR count). The predicted octanol–water partition coefficient (Wildman–Crippen LogP) is 3.21. The number of carbonyl (C=O) groups excluding carboxylic acids is 1. The van der Waals surface area contributed by atoms with Gasteiger partial charge in [-0.05, 0) is 44.9 Å². The third-order valence-corrected chi connectivity index (χ3v) is 6.43. The van der Waals surface area contributed by atoms with Crippen LogP contribution >= 0.6 is 0 Å². The largest absolute Gasteiger partial charge is 0.447 e. The van der Waals surface area contributed by atoms with Crippen LogP contribution in [0.3, 0.4) is 0 Å². The summed E-state index contributed by atoms with van der Waals surface area (Å²) in [6, 6.07) is 3.99. The van der Waals surface area contributed by atoms with Crippen LogP contribution in [0.5, 0.6) is 0 Å². The van der Waals surface area contributed by atoms with E-state index in [2.05, 4.69) is 5.16 Å². The number of oxime groups is 1. The van der Waals surface area contributed by atoms with Crippen LogP contribution in [0.4, 0.5) is 14.9 Å². The Kier molecular flexibility index (Phi) is 7.40. The quantitative estimate of drug-likeness (QED) is 0.634. The van der Waals surface area contributed by atoms with Crippen LogP contribution < -0.4 is 4.90 Å². The number of sulfone groups is 1. The van der Waals surface area contributed by atoms with E-state index < -0.39 is 15.7 Å². The molecule has 31 heavy (non-hydrogen) atoms. The van der Waals surface area contributed by atoms with Crippen molar-refractivity contribution >= 4 is 27.3 Å². The maximum Gasteiger partial charge on any atom is 0.410 e. The molecule has 2 fully saturated rings. The molecule has 1 aromatic rings. The number of hydrogen-bond donors (Lipinski definition) is 0. The lowest BCUT2D eigenvalue weighted by Gasteiger charge is -2.32. The van der Waals surface area contributed by atoms with Crippen molar-refractivity contribution in [2.24, 2.45) is 5.16 Å². The first kappa shape index (κ1) is 23.3. The van der Waals surface area contributed by atoms with Gasteiger partial charge in [-0.15, -0.1) is 0 Å². The van der Waals surface area contributed by atoms with Crippen LogP contribution in [-0.2, 0) is 19.4 Å². The number of likely N-dealkylation sites (tertiary alicyclic amines) is 1. The standard InChI is InChI=1S/C21H30FN3O5S/c1-15(2)29-21(26)24-11-8-17(9-12-24)30-23-16-5-4-10-25(14-16)20-7-6-18(13-19(20)22)31(3,27)28/h6-7,13,15,17H,4-5,8-12,14H2,1-3H3.